The SMILES string of the molecule is O=C1NC(=O)C(c2c[nH]c3sccc23)=C1c1nc(N2CC[C@@H]3NCC[C@@H]3C2)nc2ccccc12. The molecular weight excluding hydrogens is 448 g/mol. The van der Waals surface area contributed by atoms with E-state index in [9.17, 15) is 9.59 Å². The number of amides is 2. The molecule has 3 aromatic heterocycles. The molecule has 0 bridgehead atoms. The molecule has 3 aliphatic rings. The van der Waals surface area contributed by atoms with Gasteiger partial charge in [-0.15, -0.1) is 11.3 Å². The first-order chi connectivity index (χ1) is 16.7. The lowest BCUT2D eigenvalue weighted by Gasteiger charge is -2.35. The highest BCUT2D eigenvalue weighted by Crippen LogP contribution is 2.38. The number of benzene rings is 1. The molecule has 34 heavy (non-hydrogen) atoms. The molecule has 0 unspecified atom stereocenters. The molecule has 170 valence electrons. The summed E-state index contributed by atoms with van der Waals surface area (Å²) >= 11 is 1.57. The monoisotopic (exact) mass is 470 g/mol. The Labute approximate surface area is 199 Å². The molecular formula is C25H22N6O2S. The zero-order valence-corrected chi connectivity index (χ0v) is 19.1. The Balaban J connectivity index is 1.43. The quantitative estimate of drug-likeness (QED) is 0.398. The average Bonchev–Trinajstić information content (AvgIpc) is 3.62. The van der Waals surface area contributed by atoms with E-state index < -0.39 is 11.8 Å². The molecule has 3 N–H and O–H groups in total. The lowest BCUT2D eigenvalue weighted by Crippen LogP contribution is -2.45. The Hall–Kier alpha value is -3.56. The fourth-order valence-electron chi connectivity index (χ4n) is 5.62. The summed E-state index contributed by atoms with van der Waals surface area (Å²) < 4.78 is 0. The van der Waals surface area contributed by atoms with Crippen molar-refractivity contribution in [2.45, 2.75) is 18.9 Å². The Morgan fingerprint density at radius 3 is 2.82 bits per heavy atom. The lowest BCUT2D eigenvalue weighted by molar-refractivity contribution is -0.122. The molecule has 8 nitrogen and oxygen atoms in total. The maximum Gasteiger partial charge on any atom is 0.261 e. The Kier molecular flexibility index (Phi) is 4.37. The summed E-state index contributed by atoms with van der Waals surface area (Å²) in [5.74, 6) is 0.380. The number of para-hydroxylation sites is 1. The molecule has 7 rings (SSSR count). The maximum atomic E-state index is 13.2. The van der Waals surface area contributed by atoms with Gasteiger partial charge in [-0.05, 0) is 42.8 Å². The second-order valence-corrected chi connectivity index (χ2v) is 10.0. The number of carbonyl (C=O) groups is 2. The van der Waals surface area contributed by atoms with E-state index in [0.29, 0.717) is 34.7 Å². The van der Waals surface area contributed by atoms with E-state index in [0.717, 1.165) is 59.2 Å². The van der Waals surface area contributed by atoms with E-state index >= 15 is 0 Å². The molecule has 0 aliphatic carbocycles. The minimum Gasteiger partial charge on any atom is -0.352 e. The van der Waals surface area contributed by atoms with Crippen molar-refractivity contribution in [1.82, 2.24) is 25.6 Å². The van der Waals surface area contributed by atoms with Crippen LogP contribution >= 0.6 is 11.3 Å². The van der Waals surface area contributed by atoms with E-state index in [1.54, 1.807) is 17.5 Å². The number of anilines is 1. The molecule has 2 amide bonds. The predicted molar refractivity (Wildman–Crippen MR) is 132 cm³/mol. The Morgan fingerprint density at radius 1 is 1.00 bits per heavy atom. The van der Waals surface area contributed by atoms with Crippen molar-refractivity contribution in [3.8, 4) is 0 Å². The van der Waals surface area contributed by atoms with E-state index in [1.165, 1.54) is 0 Å². The standard InChI is InChI=1S/C25H22N6O2S/c32-22-19(16-11-27-24-14(16)7-10-34-24)20(23(33)30-22)21-15-3-1-2-4-18(15)28-25(29-21)31-9-6-17-13(12-31)5-8-26-17/h1-4,7,10-11,13,17,26-27H,5-6,8-9,12H2,(H,30,32,33)/t13-,17+/m1/s1. The number of aromatic nitrogens is 3. The topological polar surface area (TPSA) is 103 Å². The van der Waals surface area contributed by atoms with Gasteiger partial charge in [0.15, 0.2) is 0 Å². The van der Waals surface area contributed by atoms with Crippen LogP contribution in [0.2, 0.25) is 0 Å². The van der Waals surface area contributed by atoms with Crippen molar-refractivity contribution in [1.29, 1.82) is 0 Å². The van der Waals surface area contributed by atoms with Gasteiger partial charge in [0.2, 0.25) is 5.95 Å². The van der Waals surface area contributed by atoms with Gasteiger partial charge in [0.1, 0.15) is 4.83 Å². The first-order valence-electron chi connectivity index (χ1n) is 11.6. The second kappa shape index (κ2) is 7.48. The molecule has 0 spiro atoms. The largest absolute Gasteiger partial charge is 0.352 e. The zero-order valence-electron chi connectivity index (χ0n) is 18.3. The fraction of sp³-hybridized carbons (Fsp3) is 0.280. The first kappa shape index (κ1) is 19.9. The molecule has 0 radical (unpaired) electrons. The summed E-state index contributed by atoms with van der Waals surface area (Å²) in [4.78, 5) is 42.4. The molecule has 6 heterocycles. The van der Waals surface area contributed by atoms with Gasteiger partial charge in [-0.2, -0.15) is 0 Å². The molecule has 2 fully saturated rings. The minimum absolute atomic E-state index is 0.314. The van der Waals surface area contributed by atoms with Crippen molar-refractivity contribution < 1.29 is 9.59 Å². The van der Waals surface area contributed by atoms with Crippen LogP contribution in [0.15, 0.2) is 41.9 Å². The van der Waals surface area contributed by atoms with Gasteiger partial charge in [-0.3, -0.25) is 14.9 Å². The van der Waals surface area contributed by atoms with Crippen LogP contribution in [0.4, 0.5) is 5.95 Å². The van der Waals surface area contributed by atoms with Crippen LogP contribution in [0.3, 0.4) is 0 Å². The van der Waals surface area contributed by atoms with Crippen molar-refractivity contribution in [2.24, 2.45) is 5.92 Å². The van der Waals surface area contributed by atoms with E-state index in [1.807, 2.05) is 35.7 Å². The van der Waals surface area contributed by atoms with Gasteiger partial charge in [0.05, 0.1) is 22.4 Å². The van der Waals surface area contributed by atoms with Crippen molar-refractivity contribution in [3.05, 3.63) is 53.2 Å². The minimum atomic E-state index is -0.418. The number of nitrogens with one attached hydrogen (secondary N) is 3. The molecule has 2 saturated heterocycles. The van der Waals surface area contributed by atoms with Crippen molar-refractivity contribution in [3.63, 3.8) is 0 Å². The third-order valence-corrected chi connectivity index (χ3v) is 8.12. The summed E-state index contributed by atoms with van der Waals surface area (Å²) in [7, 11) is 0. The first-order valence-corrected chi connectivity index (χ1v) is 12.5. The van der Waals surface area contributed by atoms with Crippen LogP contribution in [0.25, 0.3) is 32.3 Å². The highest BCUT2D eigenvalue weighted by molar-refractivity contribution is 7.16. The van der Waals surface area contributed by atoms with Gasteiger partial charge in [-0.25, -0.2) is 9.97 Å². The Morgan fingerprint density at radius 2 is 1.88 bits per heavy atom. The number of rotatable bonds is 3. The summed E-state index contributed by atoms with van der Waals surface area (Å²) in [6.45, 7) is 2.80. The van der Waals surface area contributed by atoms with Crippen LogP contribution in [0.1, 0.15) is 24.1 Å². The second-order valence-electron chi connectivity index (χ2n) is 9.13. The maximum absolute atomic E-state index is 13.2. The van der Waals surface area contributed by atoms with Gasteiger partial charge in [-0.1, -0.05) is 18.2 Å². The van der Waals surface area contributed by atoms with Gasteiger partial charge in [0.25, 0.3) is 11.8 Å². The summed E-state index contributed by atoms with van der Waals surface area (Å²) in [6.07, 6.45) is 4.00. The molecule has 4 aromatic rings. The zero-order chi connectivity index (χ0) is 22.8. The number of nitrogens with zero attached hydrogens (tertiary/aromatic N) is 3. The van der Waals surface area contributed by atoms with E-state index in [2.05, 4.69) is 20.5 Å². The number of piperidine rings is 1. The summed E-state index contributed by atoms with van der Waals surface area (Å²) in [6, 6.07) is 10.2. The number of fused-ring (bicyclic) bond motifs is 3. The van der Waals surface area contributed by atoms with Crippen LogP contribution in [0.5, 0.6) is 0 Å². The van der Waals surface area contributed by atoms with Gasteiger partial charge < -0.3 is 15.2 Å². The number of aromatic amines is 1. The third-order valence-electron chi connectivity index (χ3n) is 7.27. The van der Waals surface area contributed by atoms with Gasteiger partial charge in [0, 0.05) is 41.7 Å². The number of imide groups is 1. The lowest BCUT2D eigenvalue weighted by atomic mass is 9.93. The molecule has 1 aromatic carbocycles. The molecule has 9 heteroatoms. The number of carbonyl (C=O) groups excluding carboxylic acids is 2. The normalized spacial score (nSPS) is 22.8. The van der Waals surface area contributed by atoms with Crippen molar-refractivity contribution >= 4 is 61.4 Å². The summed E-state index contributed by atoms with van der Waals surface area (Å²) in [5, 5.41) is 9.76. The molecule has 2 atom stereocenters. The number of H-pyrrole nitrogens is 1. The van der Waals surface area contributed by atoms with Crippen LogP contribution in [0, 0.1) is 5.92 Å². The highest BCUT2D eigenvalue weighted by atomic mass is 32.1. The predicted octanol–water partition coefficient (Wildman–Crippen LogP) is 2.93. The van der Waals surface area contributed by atoms with Crippen molar-refractivity contribution in [2.75, 3.05) is 24.5 Å². The Bertz CT molecular complexity index is 1520. The number of thiophene rings is 1. The van der Waals surface area contributed by atoms with E-state index in [4.69, 9.17) is 9.97 Å². The number of hydrogen-bond acceptors (Lipinski definition) is 7. The fourth-order valence-corrected chi connectivity index (χ4v) is 6.39. The number of hydrogen-bond donors (Lipinski definition) is 3. The molecule has 3 aliphatic heterocycles. The smallest absolute Gasteiger partial charge is 0.261 e. The third kappa shape index (κ3) is 2.93. The average molecular weight is 471 g/mol. The van der Waals surface area contributed by atoms with Gasteiger partial charge >= 0.3 is 0 Å². The molecule has 0 saturated carbocycles. The van der Waals surface area contributed by atoms with Crippen LogP contribution in [-0.2, 0) is 9.59 Å². The van der Waals surface area contributed by atoms with Crippen LogP contribution < -0.4 is 15.5 Å². The summed E-state index contributed by atoms with van der Waals surface area (Å²) in [5.41, 5.74) is 2.67. The van der Waals surface area contributed by atoms with Crippen LogP contribution in [-0.4, -0.2) is 52.4 Å². The highest BCUT2D eigenvalue weighted by Gasteiger charge is 2.37. The van der Waals surface area contributed by atoms with E-state index in [-0.39, 0.29) is 0 Å².